The van der Waals surface area contributed by atoms with Crippen molar-refractivity contribution in [3.63, 3.8) is 0 Å². The van der Waals surface area contributed by atoms with E-state index in [-0.39, 0.29) is 30.5 Å². The quantitative estimate of drug-likeness (QED) is 0.566. The summed E-state index contributed by atoms with van der Waals surface area (Å²) in [4.78, 5) is 28.6. The number of Topliss-reactive ketones (excluding diaryl/α,β-unsaturated/α-hetero) is 1. The zero-order chi connectivity index (χ0) is 20.8. The predicted octanol–water partition coefficient (Wildman–Crippen LogP) is 2.93. The molecule has 3 rings (SSSR count). The van der Waals surface area contributed by atoms with Crippen LogP contribution in [0.1, 0.15) is 41.7 Å². The standard InChI is InChI=1S/C21H23N5O3/c1-4-15-6-5-7-16(8-15)17-9-18(21(13(2)27)23-10-17)24-19(28)11-22-12-20-26-25-14(3)29-20/h5-10,22H,4,11-12H2,1-3H3,(H,24,28). The highest BCUT2D eigenvalue weighted by molar-refractivity contribution is 6.03. The van der Waals surface area contributed by atoms with Crippen LogP contribution in [0.4, 0.5) is 5.69 Å². The number of amides is 1. The van der Waals surface area contributed by atoms with Crippen molar-refractivity contribution in [3.8, 4) is 11.1 Å². The van der Waals surface area contributed by atoms with Crippen LogP contribution in [-0.4, -0.2) is 33.4 Å². The predicted molar refractivity (Wildman–Crippen MR) is 108 cm³/mol. The van der Waals surface area contributed by atoms with Crippen LogP contribution in [0.5, 0.6) is 0 Å². The van der Waals surface area contributed by atoms with Crippen LogP contribution in [0.2, 0.25) is 0 Å². The zero-order valence-electron chi connectivity index (χ0n) is 16.7. The smallest absolute Gasteiger partial charge is 0.238 e. The lowest BCUT2D eigenvalue weighted by atomic mass is 10.0. The van der Waals surface area contributed by atoms with Gasteiger partial charge in [-0.3, -0.25) is 19.9 Å². The van der Waals surface area contributed by atoms with Crippen molar-refractivity contribution < 1.29 is 14.0 Å². The molecule has 29 heavy (non-hydrogen) atoms. The molecule has 0 aliphatic heterocycles. The second-order valence-electron chi connectivity index (χ2n) is 6.60. The number of pyridine rings is 1. The Morgan fingerprint density at radius 1 is 1.14 bits per heavy atom. The van der Waals surface area contributed by atoms with E-state index in [9.17, 15) is 9.59 Å². The fourth-order valence-electron chi connectivity index (χ4n) is 2.86. The van der Waals surface area contributed by atoms with Gasteiger partial charge in [0, 0.05) is 25.6 Å². The number of hydrogen-bond donors (Lipinski definition) is 2. The molecule has 0 fully saturated rings. The molecule has 2 N–H and O–H groups in total. The van der Waals surface area contributed by atoms with Gasteiger partial charge in [0.15, 0.2) is 5.78 Å². The third-order valence-corrected chi connectivity index (χ3v) is 4.29. The minimum Gasteiger partial charge on any atom is -0.424 e. The number of carbonyl (C=O) groups is 2. The van der Waals surface area contributed by atoms with E-state index in [4.69, 9.17) is 4.42 Å². The summed E-state index contributed by atoms with van der Waals surface area (Å²) in [5.41, 5.74) is 3.62. The number of hydrogen-bond acceptors (Lipinski definition) is 7. The van der Waals surface area contributed by atoms with E-state index in [0.717, 1.165) is 17.5 Å². The molecule has 0 radical (unpaired) electrons. The van der Waals surface area contributed by atoms with Gasteiger partial charge in [0.2, 0.25) is 17.7 Å². The van der Waals surface area contributed by atoms with Crippen LogP contribution >= 0.6 is 0 Å². The minimum absolute atomic E-state index is 0.0221. The van der Waals surface area contributed by atoms with Gasteiger partial charge in [-0.2, -0.15) is 0 Å². The number of carbonyl (C=O) groups excluding carboxylic acids is 2. The lowest BCUT2D eigenvalue weighted by Crippen LogP contribution is -2.28. The summed E-state index contributed by atoms with van der Waals surface area (Å²) in [5.74, 6) is 0.347. The summed E-state index contributed by atoms with van der Waals surface area (Å²) >= 11 is 0. The molecule has 0 unspecified atom stereocenters. The summed E-state index contributed by atoms with van der Waals surface area (Å²) in [6, 6.07) is 9.86. The molecule has 1 aromatic carbocycles. The molecule has 150 valence electrons. The van der Waals surface area contributed by atoms with Crippen molar-refractivity contribution in [2.75, 3.05) is 11.9 Å². The van der Waals surface area contributed by atoms with Gasteiger partial charge < -0.3 is 9.73 Å². The van der Waals surface area contributed by atoms with E-state index in [1.54, 1.807) is 19.2 Å². The summed E-state index contributed by atoms with van der Waals surface area (Å²) in [7, 11) is 0. The number of nitrogens with zero attached hydrogens (tertiary/aromatic N) is 3. The molecule has 0 atom stereocenters. The van der Waals surface area contributed by atoms with Crippen LogP contribution in [0, 0.1) is 6.92 Å². The van der Waals surface area contributed by atoms with Crippen molar-refractivity contribution in [1.29, 1.82) is 0 Å². The number of anilines is 1. The van der Waals surface area contributed by atoms with Gasteiger partial charge >= 0.3 is 0 Å². The molecule has 0 spiro atoms. The fourth-order valence-corrected chi connectivity index (χ4v) is 2.86. The molecule has 0 saturated carbocycles. The third-order valence-electron chi connectivity index (χ3n) is 4.29. The van der Waals surface area contributed by atoms with Crippen molar-refractivity contribution in [3.05, 3.63) is 59.6 Å². The van der Waals surface area contributed by atoms with Crippen molar-refractivity contribution >= 4 is 17.4 Å². The van der Waals surface area contributed by atoms with E-state index in [1.165, 1.54) is 12.5 Å². The Morgan fingerprint density at radius 2 is 1.97 bits per heavy atom. The molecule has 0 bridgehead atoms. The number of benzene rings is 1. The largest absolute Gasteiger partial charge is 0.424 e. The molecule has 3 aromatic rings. The fraction of sp³-hybridized carbons (Fsp3) is 0.286. The molecule has 2 aromatic heterocycles. The molecule has 8 nitrogen and oxygen atoms in total. The molecule has 0 aliphatic carbocycles. The van der Waals surface area contributed by atoms with E-state index < -0.39 is 0 Å². The summed E-state index contributed by atoms with van der Waals surface area (Å²) in [5, 5.41) is 13.3. The van der Waals surface area contributed by atoms with Gasteiger partial charge in [0.05, 0.1) is 18.8 Å². The molecule has 1 amide bonds. The Kier molecular flexibility index (Phi) is 6.46. The van der Waals surface area contributed by atoms with Crippen LogP contribution in [0.3, 0.4) is 0 Å². The minimum atomic E-state index is -0.301. The van der Waals surface area contributed by atoms with E-state index >= 15 is 0 Å². The van der Waals surface area contributed by atoms with E-state index in [0.29, 0.717) is 17.5 Å². The lowest BCUT2D eigenvalue weighted by molar-refractivity contribution is -0.115. The van der Waals surface area contributed by atoms with Gasteiger partial charge in [-0.1, -0.05) is 31.2 Å². The monoisotopic (exact) mass is 393 g/mol. The number of rotatable bonds is 8. The second-order valence-corrected chi connectivity index (χ2v) is 6.60. The van der Waals surface area contributed by atoms with Crippen molar-refractivity contribution in [1.82, 2.24) is 20.5 Å². The van der Waals surface area contributed by atoms with Crippen LogP contribution in [-0.2, 0) is 17.8 Å². The third kappa shape index (κ3) is 5.32. The molecule has 8 heteroatoms. The van der Waals surface area contributed by atoms with E-state index in [1.807, 2.05) is 12.1 Å². The zero-order valence-corrected chi connectivity index (χ0v) is 16.7. The Balaban J connectivity index is 1.73. The SMILES string of the molecule is CCc1cccc(-c2cnc(C(C)=O)c(NC(=O)CNCc3nnc(C)o3)c2)c1. The molecular formula is C21H23N5O3. The topological polar surface area (TPSA) is 110 Å². The number of aryl methyl sites for hydroxylation is 2. The van der Waals surface area contributed by atoms with Gasteiger partial charge in [-0.05, 0) is 23.6 Å². The number of nitrogens with one attached hydrogen (secondary N) is 2. The molecule has 0 aliphatic rings. The van der Waals surface area contributed by atoms with Gasteiger partial charge in [-0.15, -0.1) is 10.2 Å². The summed E-state index contributed by atoms with van der Waals surface area (Å²) in [6.45, 7) is 5.50. The first-order chi connectivity index (χ1) is 14.0. The Morgan fingerprint density at radius 3 is 2.66 bits per heavy atom. The normalized spacial score (nSPS) is 10.7. The second kappa shape index (κ2) is 9.20. The van der Waals surface area contributed by atoms with Crippen molar-refractivity contribution in [2.24, 2.45) is 0 Å². The summed E-state index contributed by atoms with van der Waals surface area (Å²) in [6.07, 6.45) is 2.57. The lowest BCUT2D eigenvalue weighted by Gasteiger charge is -2.12. The first-order valence-electron chi connectivity index (χ1n) is 9.36. The number of aromatic nitrogens is 3. The van der Waals surface area contributed by atoms with E-state index in [2.05, 4.69) is 44.9 Å². The molecular weight excluding hydrogens is 370 g/mol. The number of ketones is 1. The summed E-state index contributed by atoms with van der Waals surface area (Å²) < 4.78 is 5.25. The molecule has 2 heterocycles. The highest BCUT2D eigenvalue weighted by Gasteiger charge is 2.14. The maximum absolute atomic E-state index is 12.4. The Hall–Kier alpha value is -3.39. The average molecular weight is 393 g/mol. The highest BCUT2D eigenvalue weighted by Crippen LogP contribution is 2.25. The van der Waals surface area contributed by atoms with Crippen molar-refractivity contribution in [2.45, 2.75) is 33.7 Å². The van der Waals surface area contributed by atoms with Gasteiger partial charge in [0.25, 0.3) is 0 Å². The first kappa shape index (κ1) is 20.3. The maximum Gasteiger partial charge on any atom is 0.238 e. The van der Waals surface area contributed by atoms with Gasteiger partial charge in [-0.25, -0.2) is 0 Å². The Labute approximate surface area is 168 Å². The Bertz CT molecular complexity index is 1030. The highest BCUT2D eigenvalue weighted by atomic mass is 16.4. The maximum atomic E-state index is 12.4. The van der Waals surface area contributed by atoms with Crippen LogP contribution in [0.25, 0.3) is 11.1 Å². The van der Waals surface area contributed by atoms with Crippen LogP contribution in [0.15, 0.2) is 40.9 Å². The molecule has 0 saturated heterocycles. The first-order valence-corrected chi connectivity index (χ1v) is 9.36. The average Bonchev–Trinajstić information content (AvgIpc) is 3.12. The van der Waals surface area contributed by atoms with Crippen LogP contribution < -0.4 is 10.6 Å². The van der Waals surface area contributed by atoms with Gasteiger partial charge in [0.1, 0.15) is 5.69 Å².